The SMILES string of the molecule is C/C(=N\NC(=O)c1sc2ccccc2c1Cl)c1cc(C)oc1C. The summed E-state index contributed by atoms with van der Waals surface area (Å²) in [7, 11) is 0. The van der Waals surface area contributed by atoms with Crippen LogP contribution < -0.4 is 5.43 Å². The molecule has 0 unspecified atom stereocenters. The number of nitrogens with one attached hydrogen (secondary N) is 1. The van der Waals surface area contributed by atoms with Gasteiger partial charge in [-0.15, -0.1) is 11.3 Å². The Morgan fingerprint density at radius 3 is 2.70 bits per heavy atom. The highest BCUT2D eigenvalue weighted by Crippen LogP contribution is 2.34. The van der Waals surface area contributed by atoms with E-state index in [4.69, 9.17) is 16.0 Å². The predicted octanol–water partition coefficient (Wildman–Crippen LogP) is 4.92. The van der Waals surface area contributed by atoms with Gasteiger partial charge < -0.3 is 4.42 Å². The first-order chi connectivity index (χ1) is 11.0. The topological polar surface area (TPSA) is 54.6 Å². The monoisotopic (exact) mass is 346 g/mol. The molecule has 23 heavy (non-hydrogen) atoms. The van der Waals surface area contributed by atoms with E-state index in [2.05, 4.69) is 10.5 Å². The molecule has 2 aromatic heterocycles. The molecule has 0 atom stereocenters. The van der Waals surface area contributed by atoms with Crippen LogP contribution in [0.5, 0.6) is 0 Å². The van der Waals surface area contributed by atoms with Crippen LogP contribution in [-0.2, 0) is 0 Å². The van der Waals surface area contributed by atoms with E-state index in [0.717, 1.165) is 27.2 Å². The molecule has 0 radical (unpaired) electrons. The summed E-state index contributed by atoms with van der Waals surface area (Å²) in [6.07, 6.45) is 0. The zero-order valence-corrected chi connectivity index (χ0v) is 14.5. The fraction of sp³-hybridized carbons (Fsp3) is 0.176. The normalized spacial score (nSPS) is 11.9. The summed E-state index contributed by atoms with van der Waals surface area (Å²) in [6.45, 7) is 5.56. The number of hydrazone groups is 1. The highest BCUT2D eigenvalue weighted by atomic mass is 35.5. The van der Waals surface area contributed by atoms with Gasteiger partial charge in [0.05, 0.1) is 10.7 Å². The van der Waals surface area contributed by atoms with E-state index in [-0.39, 0.29) is 5.91 Å². The molecule has 6 heteroatoms. The highest BCUT2D eigenvalue weighted by Gasteiger charge is 2.17. The molecule has 1 aromatic carbocycles. The minimum absolute atomic E-state index is 0.312. The van der Waals surface area contributed by atoms with E-state index in [9.17, 15) is 4.79 Å². The van der Waals surface area contributed by atoms with Gasteiger partial charge in [-0.05, 0) is 32.9 Å². The second kappa shape index (κ2) is 6.18. The Balaban J connectivity index is 1.85. The van der Waals surface area contributed by atoms with Gasteiger partial charge in [0.15, 0.2) is 0 Å². The van der Waals surface area contributed by atoms with Crippen molar-refractivity contribution in [2.75, 3.05) is 0 Å². The molecule has 0 bridgehead atoms. The van der Waals surface area contributed by atoms with E-state index >= 15 is 0 Å². The molecule has 0 aliphatic rings. The number of carbonyl (C=O) groups excluding carboxylic acids is 1. The van der Waals surface area contributed by atoms with Crippen LogP contribution in [0.3, 0.4) is 0 Å². The van der Waals surface area contributed by atoms with Crippen LogP contribution in [0.4, 0.5) is 0 Å². The molecule has 3 aromatic rings. The Morgan fingerprint density at radius 2 is 2.04 bits per heavy atom. The third kappa shape index (κ3) is 3.02. The van der Waals surface area contributed by atoms with Crippen molar-refractivity contribution in [2.24, 2.45) is 5.10 Å². The number of rotatable bonds is 3. The molecule has 3 rings (SSSR count). The maximum absolute atomic E-state index is 12.3. The lowest BCUT2D eigenvalue weighted by Gasteiger charge is -2.01. The van der Waals surface area contributed by atoms with Crippen molar-refractivity contribution in [3.63, 3.8) is 0 Å². The molecule has 0 saturated heterocycles. The van der Waals surface area contributed by atoms with Crippen molar-refractivity contribution < 1.29 is 9.21 Å². The quantitative estimate of drug-likeness (QED) is 0.540. The summed E-state index contributed by atoms with van der Waals surface area (Å²) in [5.74, 6) is 1.28. The van der Waals surface area contributed by atoms with Gasteiger partial charge in [0.2, 0.25) is 0 Å². The van der Waals surface area contributed by atoms with E-state index < -0.39 is 0 Å². The minimum atomic E-state index is -0.312. The van der Waals surface area contributed by atoms with E-state index in [1.807, 2.05) is 51.1 Å². The van der Waals surface area contributed by atoms with Gasteiger partial charge in [-0.3, -0.25) is 4.79 Å². The van der Waals surface area contributed by atoms with E-state index in [0.29, 0.717) is 15.6 Å². The molecule has 118 valence electrons. The van der Waals surface area contributed by atoms with Crippen molar-refractivity contribution in [3.8, 4) is 0 Å². The Labute approximate surface area is 142 Å². The first-order valence-electron chi connectivity index (χ1n) is 7.06. The standard InChI is InChI=1S/C17H15ClN2O2S/c1-9-8-13(11(3)22-9)10(2)19-20-17(21)16-15(18)12-6-4-5-7-14(12)23-16/h4-8H,1-3H3,(H,20,21)/b19-10+. The van der Waals surface area contributed by atoms with Crippen molar-refractivity contribution in [3.05, 3.63) is 57.3 Å². The van der Waals surface area contributed by atoms with Gasteiger partial charge >= 0.3 is 0 Å². The van der Waals surface area contributed by atoms with Gasteiger partial charge in [-0.2, -0.15) is 5.10 Å². The molecule has 0 spiro atoms. The van der Waals surface area contributed by atoms with Crippen molar-refractivity contribution >= 4 is 44.6 Å². The van der Waals surface area contributed by atoms with Crippen LogP contribution in [0, 0.1) is 13.8 Å². The van der Waals surface area contributed by atoms with Gasteiger partial charge in [-0.25, -0.2) is 5.43 Å². The summed E-state index contributed by atoms with van der Waals surface area (Å²) < 4.78 is 6.45. The number of hydrogen-bond donors (Lipinski definition) is 1. The molecule has 0 fully saturated rings. The fourth-order valence-corrected chi connectivity index (χ4v) is 3.80. The highest BCUT2D eigenvalue weighted by molar-refractivity contribution is 7.21. The molecule has 1 N–H and O–H groups in total. The number of fused-ring (bicyclic) bond motifs is 1. The van der Waals surface area contributed by atoms with Crippen LogP contribution in [0.15, 0.2) is 39.9 Å². The van der Waals surface area contributed by atoms with Crippen LogP contribution in [0.2, 0.25) is 5.02 Å². The van der Waals surface area contributed by atoms with Gasteiger partial charge in [-0.1, -0.05) is 29.8 Å². The van der Waals surface area contributed by atoms with Crippen LogP contribution in [0.25, 0.3) is 10.1 Å². The van der Waals surface area contributed by atoms with Crippen molar-refractivity contribution in [1.29, 1.82) is 0 Å². The summed E-state index contributed by atoms with van der Waals surface area (Å²) in [5.41, 5.74) is 4.13. The average Bonchev–Trinajstić information content (AvgIpc) is 3.05. The van der Waals surface area contributed by atoms with Gasteiger partial charge in [0.25, 0.3) is 5.91 Å². The smallest absolute Gasteiger partial charge is 0.283 e. The molecule has 1 amide bonds. The van der Waals surface area contributed by atoms with Crippen LogP contribution in [0.1, 0.15) is 33.7 Å². The van der Waals surface area contributed by atoms with Gasteiger partial charge in [0.1, 0.15) is 16.4 Å². The molecule has 0 aliphatic carbocycles. The molecule has 2 heterocycles. The Kier molecular flexibility index (Phi) is 4.24. The predicted molar refractivity (Wildman–Crippen MR) is 94.7 cm³/mol. The van der Waals surface area contributed by atoms with Crippen molar-refractivity contribution in [1.82, 2.24) is 5.43 Å². The Morgan fingerprint density at radius 1 is 1.30 bits per heavy atom. The number of amides is 1. The molecular formula is C17H15ClN2O2S. The first-order valence-corrected chi connectivity index (χ1v) is 8.26. The number of halogens is 1. The third-order valence-electron chi connectivity index (χ3n) is 3.50. The summed E-state index contributed by atoms with van der Waals surface area (Å²) >= 11 is 7.65. The Bertz CT molecular complexity index is 924. The van der Waals surface area contributed by atoms with E-state index in [1.165, 1.54) is 11.3 Å². The molecule has 0 saturated carbocycles. The van der Waals surface area contributed by atoms with Crippen molar-refractivity contribution in [2.45, 2.75) is 20.8 Å². The number of carbonyl (C=O) groups is 1. The lowest BCUT2D eigenvalue weighted by Crippen LogP contribution is -2.18. The third-order valence-corrected chi connectivity index (χ3v) is 5.17. The zero-order valence-electron chi connectivity index (χ0n) is 12.9. The second-order valence-electron chi connectivity index (χ2n) is 5.21. The largest absolute Gasteiger partial charge is 0.466 e. The number of thiophene rings is 1. The maximum atomic E-state index is 12.3. The molecular weight excluding hydrogens is 332 g/mol. The number of hydrogen-bond acceptors (Lipinski definition) is 4. The zero-order chi connectivity index (χ0) is 16.6. The first kappa shape index (κ1) is 15.8. The maximum Gasteiger partial charge on any atom is 0.283 e. The number of aryl methyl sites for hydroxylation is 2. The average molecular weight is 347 g/mol. The number of nitrogens with zero attached hydrogens (tertiary/aromatic N) is 1. The van der Waals surface area contributed by atoms with E-state index in [1.54, 1.807) is 0 Å². The number of furan rings is 1. The van der Waals surface area contributed by atoms with Crippen LogP contribution in [-0.4, -0.2) is 11.6 Å². The summed E-state index contributed by atoms with van der Waals surface area (Å²) in [4.78, 5) is 12.8. The summed E-state index contributed by atoms with van der Waals surface area (Å²) in [6, 6.07) is 9.55. The van der Waals surface area contributed by atoms with Gasteiger partial charge in [0, 0.05) is 15.6 Å². The van der Waals surface area contributed by atoms with Crippen LogP contribution >= 0.6 is 22.9 Å². The molecule has 4 nitrogen and oxygen atoms in total. The molecule has 0 aliphatic heterocycles. The fourth-order valence-electron chi connectivity index (χ4n) is 2.40. The lowest BCUT2D eigenvalue weighted by atomic mass is 10.2. The Hall–Kier alpha value is -2.11. The lowest BCUT2D eigenvalue weighted by molar-refractivity contribution is 0.0959. The summed E-state index contributed by atoms with van der Waals surface area (Å²) in [5, 5.41) is 5.51. The second-order valence-corrected chi connectivity index (χ2v) is 6.64. The minimum Gasteiger partial charge on any atom is -0.466 e. The number of benzene rings is 1.